The second-order valence-corrected chi connectivity index (χ2v) is 7.07. The lowest BCUT2D eigenvalue weighted by Gasteiger charge is -2.27. The maximum Gasteiger partial charge on any atom is 0.322 e. The molecule has 1 aromatic carbocycles. The van der Waals surface area contributed by atoms with Gasteiger partial charge in [-0.2, -0.15) is 4.31 Å². The van der Waals surface area contributed by atoms with E-state index in [0.29, 0.717) is 11.3 Å². The van der Waals surface area contributed by atoms with Crippen LogP contribution in [0.15, 0.2) is 24.3 Å². The van der Waals surface area contributed by atoms with Crippen molar-refractivity contribution in [3.8, 4) is 0 Å². The van der Waals surface area contributed by atoms with Crippen LogP contribution in [0.4, 0.5) is 5.69 Å². The van der Waals surface area contributed by atoms with E-state index < -0.39 is 22.0 Å². The van der Waals surface area contributed by atoms with Gasteiger partial charge in [0.25, 0.3) is 0 Å². The Morgan fingerprint density at radius 3 is 2.20 bits per heavy atom. The van der Waals surface area contributed by atoms with Crippen LogP contribution in [0.5, 0.6) is 0 Å². The van der Waals surface area contributed by atoms with Crippen LogP contribution in [-0.2, 0) is 20.6 Å². The lowest BCUT2D eigenvalue weighted by molar-refractivity contribution is -0.142. The van der Waals surface area contributed by atoms with E-state index in [4.69, 9.17) is 10.8 Å². The van der Waals surface area contributed by atoms with Crippen LogP contribution >= 0.6 is 0 Å². The van der Waals surface area contributed by atoms with Crippen LogP contribution in [-0.4, -0.2) is 36.9 Å². The number of carboxylic acids is 1. The highest BCUT2D eigenvalue weighted by molar-refractivity contribution is 7.88. The molecule has 7 heteroatoms. The van der Waals surface area contributed by atoms with Crippen LogP contribution in [0, 0.1) is 5.92 Å². The van der Waals surface area contributed by atoms with Gasteiger partial charge < -0.3 is 10.8 Å². The van der Waals surface area contributed by atoms with E-state index in [2.05, 4.69) is 0 Å². The lowest BCUT2D eigenvalue weighted by Crippen LogP contribution is -2.46. The molecule has 1 atom stereocenters. The van der Waals surface area contributed by atoms with Gasteiger partial charge in [-0.05, 0) is 23.6 Å². The first kappa shape index (κ1) is 16.5. The van der Waals surface area contributed by atoms with Crippen LogP contribution in [0.25, 0.3) is 0 Å². The second-order valence-electron chi connectivity index (χ2n) is 5.04. The minimum atomic E-state index is -3.70. The summed E-state index contributed by atoms with van der Waals surface area (Å²) in [5.74, 6) is -1.72. The van der Waals surface area contributed by atoms with E-state index in [0.717, 1.165) is 4.31 Å². The highest BCUT2D eigenvalue weighted by Gasteiger charge is 2.33. The molecule has 0 amide bonds. The number of sulfonamides is 1. The number of hydrogen-bond acceptors (Lipinski definition) is 4. The largest absolute Gasteiger partial charge is 0.480 e. The first-order valence-electron chi connectivity index (χ1n) is 6.18. The third kappa shape index (κ3) is 3.94. The van der Waals surface area contributed by atoms with Crippen LogP contribution in [0.1, 0.15) is 19.4 Å². The summed E-state index contributed by atoms with van der Waals surface area (Å²) in [7, 11) is -2.41. The number of anilines is 1. The third-order valence-electron chi connectivity index (χ3n) is 3.04. The molecular weight excluding hydrogens is 280 g/mol. The van der Waals surface area contributed by atoms with Gasteiger partial charge in [0.05, 0.1) is 5.75 Å². The Morgan fingerprint density at radius 1 is 1.30 bits per heavy atom. The molecule has 0 aliphatic heterocycles. The summed E-state index contributed by atoms with van der Waals surface area (Å²) < 4.78 is 25.5. The number of carboxylic acid groups (broad SMARTS) is 1. The van der Waals surface area contributed by atoms with Crippen LogP contribution < -0.4 is 5.73 Å². The average molecular weight is 300 g/mol. The van der Waals surface area contributed by atoms with Crippen molar-refractivity contribution in [1.82, 2.24) is 4.31 Å². The minimum Gasteiger partial charge on any atom is -0.480 e. The molecule has 1 aromatic rings. The maximum atomic E-state index is 12.3. The Labute approximate surface area is 119 Å². The SMILES string of the molecule is CC(C)[C@H](C(=O)O)N(C)S(=O)(=O)Cc1ccc(N)cc1. The Balaban J connectivity index is 2.97. The molecule has 0 aliphatic rings. The van der Waals surface area contributed by atoms with E-state index >= 15 is 0 Å². The van der Waals surface area contributed by atoms with E-state index in [-0.39, 0.29) is 11.7 Å². The Bertz CT molecular complexity index is 567. The fraction of sp³-hybridized carbons (Fsp3) is 0.462. The van der Waals surface area contributed by atoms with Crippen molar-refractivity contribution >= 4 is 21.7 Å². The van der Waals surface area contributed by atoms with E-state index in [1.165, 1.54) is 7.05 Å². The van der Waals surface area contributed by atoms with Crippen LogP contribution in [0.2, 0.25) is 0 Å². The number of likely N-dealkylation sites (N-methyl/N-ethyl adjacent to an activating group) is 1. The Hall–Kier alpha value is -1.60. The van der Waals surface area contributed by atoms with Gasteiger partial charge in [-0.25, -0.2) is 8.42 Å². The van der Waals surface area contributed by atoms with Crippen molar-refractivity contribution in [3.63, 3.8) is 0 Å². The zero-order valence-corrected chi connectivity index (χ0v) is 12.6. The van der Waals surface area contributed by atoms with Crippen LogP contribution in [0.3, 0.4) is 0 Å². The first-order chi connectivity index (χ1) is 9.15. The van der Waals surface area contributed by atoms with Crippen molar-refractivity contribution in [1.29, 1.82) is 0 Å². The molecule has 0 saturated carbocycles. The van der Waals surface area contributed by atoms with E-state index in [1.807, 2.05) is 0 Å². The predicted octanol–water partition coefficient (Wildman–Crippen LogP) is 1.14. The third-order valence-corrected chi connectivity index (χ3v) is 4.85. The number of nitrogens with zero attached hydrogens (tertiary/aromatic N) is 1. The van der Waals surface area contributed by atoms with Crippen molar-refractivity contribution in [2.24, 2.45) is 5.92 Å². The molecule has 0 saturated heterocycles. The molecule has 6 nitrogen and oxygen atoms in total. The zero-order valence-electron chi connectivity index (χ0n) is 11.8. The van der Waals surface area contributed by atoms with Crippen molar-refractivity contribution in [2.75, 3.05) is 12.8 Å². The molecule has 0 heterocycles. The van der Waals surface area contributed by atoms with Gasteiger partial charge >= 0.3 is 5.97 Å². The molecule has 0 aromatic heterocycles. The smallest absolute Gasteiger partial charge is 0.322 e. The predicted molar refractivity (Wildman–Crippen MR) is 77.5 cm³/mol. The number of aliphatic carboxylic acids is 1. The highest BCUT2D eigenvalue weighted by Crippen LogP contribution is 2.18. The quantitative estimate of drug-likeness (QED) is 0.767. The second kappa shape index (κ2) is 6.23. The molecular formula is C13H20N2O4S. The van der Waals surface area contributed by atoms with E-state index in [9.17, 15) is 13.2 Å². The number of rotatable bonds is 6. The van der Waals surface area contributed by atoms with Gasteiger partial charge in [0.15, 0.2) is 0 Å². The lowest BCUT2D eigenvalue weighted by atomic mass is 10.1. The zero-order chi connectivity index (χ0) is 15.5. The first-order valence-corrected chi connectivity index (χ1v) is 7.79. The van der Waals surface area contributed by atoms with Crippen molar-refractivity contribution in [2.45, 2.75) is 25.6 Å². The van der Waals surface area contributed by atoms with Gasteiger partial charge in [0.1, 0.15) is 6.04 Å². The average Bonchev–Trinajstić information content (AvgIpc) is 2.31. The monoisotopic (exact) mass is 300 g/mol. The fourth-order valence-corrected chi connectivity index (χ4v) is 3.46. The summed E-state index contributed by atoms with van der Waals surface area (Å²) in [5.41, 5.74) is 6.66. The number of nitrogen functional groups attached to an aromatic ring is 1. The van der Waals surface area contributed by atoms with Gasteiger partial charge in [0, 0.05) is 12.7 Å². The van der Waals surface area contributed by atoms with E-state index in [1.54, 1.807) is 38.1 Å². The summed E-state index contributed by atoms with van der Waals surface area (Å²) in [6.07, 6.45) is 0. The van der Waals surface area contributed by atoms with Gasteiger partial charge in [-0.3, -0.25) is 4.79 Å². The van der Waals surface area contributed by atoms with Gasteiger partial charge in [-0.15, -0.1) is 0 Å². The molecule has 20 heavy (non-hydrogen) atoms. The maximum absolute atomic E-state index is 12.3. The van der Waals surface area contributed by atoms with Crippen molar-refractivity contribution < 1.29 is 18.3 Å². The van der Waals surface area contributed by atoms with Crippen molar-refractivity contribution in [3.05, 3.63) is 29.8 Å². The normalized spacial score (nSPS) is 13.7. The molecule has 1 rings (SSSR count). The summed E-state index contributed by atoms with van der Waals surface area (Å²) in [6.45, 7) is 3.35. The molecule has 0 unspecified atom stereocenters. The Kier molecular flexibility index (Phi) is 5.13. The summed E-state index contributed by atoms with van der Waals surface area (Å²) >= 11 is 0. The number of hydrogen-bond donors (Lipinski definition) is 2. The summed E-state index contributed by atoms with van der Waals surface area (Å²) in [5, 5.41) is 9.16. The molecule has 3 N–H and O–H groups in total. The molecule has 112 valence electrons. The Morgan fingerprint density at radius 2 is 1.80 bits per heavy atom. The highest BCUT2D eigenvalue weighted by atomic mass is 32.2. The molecule has 0 fully saturated rings. The van der Waals surface area contributed by atoms with Gasteiger partial charge in [0.2, 0.25) is 10.0 Å². The number of carbonyl (C=O) groups is 1. The standard InChI is InChI=1S/C13H20N2O4S/c1-9(2)12(13(16)17)15(3)20(18,19)8-10-4-6-11(14)7-5-10/h4-7,9,12H,8,14H2,1-3H3,(H,16,17)/t12-/m1/s1. The molecule has 0 bridgehead atoms. The minimum absolute atomic E-state index is 0.250. The number of benzene rings is 1. The molecule has 0 radical (unpaired) electrons. The summed E-state index contributed by atoms with van der Waals surface area (Å²) in [6, 6.07) is 5.38. The topological polar surface area (TPSA) is 101 Å². The van der Waals surface area contributed by atoms with Gasteiger partial charge in [-0.1, -0.05) is 26.0 Å². The molecule has 0 aliphatic carbocycles. The molecule has 0 spiro atoms. The summed E-state index contributed by atoms with van der Waals surface area (Å²) in [4.78, 5) is 11.2. The number of nitrogens with two attached hydrogens (primary N) is 1. The fourth-order valence-electron chi connectivity index (χ4n) is 1.96.